The van der Waals surface area contributed by atoms with Gasteiger partial charge in [0.1, 0.15) is 6.10 Å². The zero-order chi connectivity index (χ0) is 15.3. The molecule has 0 aromatic heterocycles. The van der Waals surface area contributed by atoms with E-state index in [1.165, 1.54) is 7.11 Å². The molecule has 2 atom stereocenters. The Hall–Kier alpha value is -1.88. The second-order valence-corrected chi connectivity index (χ2v) is 5.03. The van der Waals surface area contributed by atoms with Gasteiger partial charge < -0.3 is 15.2 Å². The van der Waals surface area contributed by atoms with Crippen LogP contribution >= 0.6 is 0 Å². The number of ether oxygens (including phenoxy) is 1. The second kappa shape index (κ2) is 7.05. The number of methoxy groups -OCH3 is 1. The van der Waals surface area contributed by atoms with Crippen LogP contribution in [0.15, 0.2) is 24.3 Å². The molecule has 0 aliphatic rings. The third kappa shape index (κ3) is 4.06. The summed E-state index contributed by atoms with van der Waals surface area (Å²) in [6.07, 6.45) is -1.02. The molecular weight excluding hydrogens is 258 g/mol. The molecule has 1 aromatic carbocycles. The first-order chi connectivity index (χ1) is 9.36. The van der Waals surface area contributed by atoms with E-state index in [0.717, 1.165) is 5.56 Å². The number of esters is 1. The smallest absolute Gasteiger partial charge is 0.337 e. The maximum atomic E-state index is 11.8. The lowest BCUT2D eigenvalue weighted by molar-refractivity contribution is -0.132. The topological polar surface area (TPSA) is 75.6 Å². The van der Waals surface area contributed by atoms with Crippen LogP contribution in [0.3, 0.4) is 0 Å². The number of hydrogen-bond donors (Lipinski definition) is 2. The van der Waals surface area contributed by atoms with Gasteiger partial charge in [-0.15, -0.1) is 0 Å². The first-order valence-electron chi connectivity index (χ1n) is 6.53. The van der Waals surface area contributed by atoms with E-state index in [-0.39, 0.29) is 12.0 Å². The zero-order valence-electron chi connectivity index (χ0n) is 12.2. The largest absolute Gasteiger partial charge is 0.465 e. The summed E-state index contributed by atoms with van der Waals surface area (Å²) in [7, 11) is 1.33. The normalized spacial score (nSPS) is 13.7. The molecule has 0 saturated carbocycles. The lowest BCUT2D eigenvalue weighted by Gasteiger charge is -2.19. The van der Waals surface area contributed by atoms with Crippen LogP contribution in [-0.4, -0.2) is 30.2 Å². The molecule has 5 nitrogen and oxygen atoms in total. The second-order valence-electron chi connectivity index (χ2n) is 5.03. The van der Waals surface area contributed by atoms with Gasteiger partial charge in [-0.3, -0.25) is 4.79 Å². The van der Waals surface area contributed by atoms with E-state index < -0.39 is 18.0 Å². The third-order valence-electron chi connectivity index (χ3n) is 3.09. The Bertz CT molecular complexity index is 467. The average molecular weight is 279 g/mol. The molecule has 0 unspecified atom stereocenters. The maximum absolute atomic E-state index is 11.8. The van der Waals surface area contributed by atoms with E-state index in [1.54, 1.807) is 38.1 Å². The summed E-state index contributed by atoms with van der Waals surface area (Å²) in [5.74, 6) is -0.933. The minimum absolute atomic E-state index is 0.135. The first-order valence-corrected chi connectivity index (χ1v) is 6.53. The van der Waals surface area contributed by atoms with Gasteiger partial charge in [0.05, 0.1) is 18.7 Å². The van der Waals surface area contributed by atoms with Gasteiger partial charge in [0.25, 0.3) is 0 Å². The number of hydrogen-bond acceptors (Lipinski definition) is 4. The minimum atomic E-state index is -1.02. The number of carbonyl (C=O) groups is 2. The quantitative estimate of drug-likeness (QED) is 0.804. The van der Waals surface area contributed by atoms with Crippen molar-refractivity contribution in [2.24, 2.45) is 5.92 Å². The van der Waals surface area contributed by atoms with E-state index >= 15 is 0 Å². The highest BCUT2D eigenvalue weighted by molar-refractivity contribution is 5.89. The molecule has 0 bridgehead atoms. The number of aliphatic hydroxyl groups excluding tert-OH is 1. The van der Waals surface area contributed by atoms with Crippen molar-refractivity contribution in [3.05, 3.63) is 35.4 Å². The molecule has 110 valence electrons. The Morgan fingerprint density at radius 1 is 1.15 bits per heavy atom. The molecule has 0 fully saturated rings. The van der Waals surface area contributed by atoms with Gasteiger partial charge in [0.2, 0.25) is 5.91 Å². The third-order valence-corrected chi connectivity index (χ3v) is 3.09. The minimum Gasteiger partial charge on any atom is -0.465 e. The van der Waals surface area contributed by atoms with Crippen molar-refractivity contribution in [1.82, 2.24) is 5.32 Å². The highest BCUT2D eigenvalue weighted by atomic mass is 16.5. The van der Waals surface area contributed by atoms with Gasteiger partial charge in [-0.25, -0.2) is 4.79 Å². The molecule has 0 saturated heterocycles. The first kappa shape index (κ1) is 16.2. The van der Waals surface area contributed by atoms with Crippen molar-refractivity contribution in [2.75, 3.05) is 7.11 Å². The Kier molecular flexibility index (Phi) is 5.70. The summed E-state index contributed by atoms with van der Waals surface area (Å²) in [5, 5.41) is 12.4. The highest BCUT2D eigenvalue weighted by Crippen LogP contribution is 2.14. The lowest BCUT2D eigenvalue weighted by atomic mass is 10.0. The predicted molar refractivity (Wildman–Crippen MR) is 75.2 cm³/mol. The van der Waals surface area contributed by atoms with E-state index in [1.807, 2.05) is 6.92 Å². The molecule has 5 heteroatoms. The SMILES string of the molecule is COC(=O)c1ccc([C@H](C)NC(=O)[C@@H](O)C(C)C)cc1. The summed E-state index contributed by atoms with van der Waals surface area (Å²) in [4.78, 5) is 23.1. The molecule has 2 N–H and O–H groups in total. The van der Waals surface area contributed by atoms with Crippen LogP contribution < -0.4 is 5.32 Å². The number of aliphatic hydroxyl groups is 1. The lowest BCUT2D eigenvalue weighted by Crippen LogP contribution is -2.38. The summed E-state index contributed by atoms with van der Waals surface area (Å²) >= 11 is 0. The van der Waals surface area contributed by atoms with Crippen LogP contribution in [0.4, 0.5) is 0 Å². The Labute approximate surface area is 118 Å². The number of rotatable bonds is 5. The Morgan fingerprint density at radius 3 is 2.15 bits per heavy atom. The van der Waals surface area contributed by atoms with Gasteiger partial charge >= 0.3 is 5.97 Å². The molecule has 0 radical (unpaired) electrons. The maximum Gasteiger partial charge on any atom is 0.337 e. The van der Waals surface area contributed by atoms with Gasteiger partial charge in [-0.1, -0.05) is 26.0 Å². The molecule has 0 spiro atoms. The molecule has 20 heavy (non-hydrogen) atoms. The van der Waals surface area contributed by atoms with Crippen LogP contribution in [0, 0.1) is 5.92 Å². The predicted octanol–water partition coefficient (Wildman–Crippen LogP) is 1.67. The van der Waals surface area contributed by atoms with Gasteiger partial charge in [-0.2, -0.15) is 0 Å². The van der Waals surface area contributed by atoms with Crippen molar-refractivity contribution in [1.29, 1.82) is 0 Å². The molecule has 0 aliphatic carbocycles. The average Bonchev–Trinajstić information content (AvgIpc) is 2.45. The molecule has 0 heterocycles. The summed E-state index contributed by atoms with van der Waals surface area (Å²) in [6.45, 7) is 5.37. The number of amides is 1. The van der Waals surface area contributed by atoms with Crippen molar-refractivity contribution in [3.63, 3.8) is 0 Å². The molecule has 1 aromatic rings. The van der Waals surface area contributed by atoms with Crippen LogP contribution in [-0.2, 0) is 9.53 Å². The molecule has 1 rings (SSSR count). The van der Waals surface area contributed by atoms with Crippen LogP contribution in [0.25, 0.3) is 0 Å². The van der Waals surface area contributed by atoms with E-state index in [0.29, 0.717) is 5.56 Å². The summed E-state index contributed by atoms with van der Waals surface area (Å²) in [5.41, 5.74) is 1.30. The van der Waals surface area contributed by atoms with Crippen molar-refractivity contribution < 1.29 is 19.4 Å². The molecular formula is C15H21NO4. The van der Waals surface area contributed by atoms with Crippen LogP contribution in [0.5, 0.6) is 0 Å². The van der Waals surface area contributed by atoms with Crippen LogP contribution in [0.2, 0.25) is 0 Å². The zero-order valence-corrected chi connectivity index (χ0v) is 12.2. The van der Waals surface area contributed by atoms with Gasteiger partial charge in [0.15, 0.2) is 0 Å². The summed E-state index contributed by atoms with van der Waals surface area (Å²) < 4.78 is 4.62. The number of nitrogens with one attached hydrogen (secondary N) is 1. The van der Waals surface area contributed by atoms with E-state index in [2.05, 4.69) is 10.1 Å². The van der Waals surface area contributed by atoms with Crippen molar-refractivity contribution >= 4 is 11.9 Å². The number of benzene rings is 1. The number of carbonyl (C=O) groups excluding carboxylic acids is 2. The molecule has 0 aliphatic heterocycles. The van der Waals surface area contributed by atoms with Crippen molar-refractivity contribution in [2.45, 2.75) is 32.9 Å². The van der Waals surface area contributed by atoms with Crippen molar-refractivity contribution in [3.8, 4) is 0 Å². The molecule has 1 amide bonds. The fourth-order valence-electron chi connectivity index (χ4n) is 1.71. The van der Waals surface area contributed by atoms with Gasteiger partial charge in [-0.05, 0) is 30.5 Å². The fourth-order valence-corrected chi connectivity index (χ4v) is 1.71. The Morgan fingerprint density at radius 2 is 1.70 bits per heavy atom. The standard InChI is InChI=1S/C15H21NO4/c1-9(2)13(17)14(18)16-10(3)11-5-7-12(8-6-11)15(19)20-4/h5-10,13,17H,1-4H3,(H,16,18)/t10-,13-/m0/s1. The van der Waals surface area contributed by atoms with E-state index in [9.17, 15) is 14.7 Å². The fraction of sp³-hybridized carbons (Fsp3) is 0.467. The van der Waals surface area contributed by atoms with Gasteiger partial charge in [0, 0.05) is 0 Å². The monoisotopic (exact) mass is 279 g/mol. The highest BCUT2D eigenvalue weighted by Gasteiger charge is 2.20. The van der Waals surface area contributed by atoms with E-state index in [4.69, 9.17) is 0 Å². The summed E-state index contributed by atoms with van der Waals surface area (Å²) in [6, 6.07) is 6.53. The Balaban J connectivity index is 2.71. The van der Waals surface area contributed by atoms with Crippen LogP contribution in [0.1, 0.15) is 42.7 Å².